The predicted octanol–water partition coefficient (Wildman–Crippen LogP) is 4.20. The minimum absolute atomic E-state index is 0.188. The smallest absolute Gasteiger partial charge is 0.356 e. The standard InChI is InChI=1S/C11H6Br2ClNO2/c1-17-11(16)9-4-6-7(10(14)15-9)2-5(12)3-8(6)13/h2-4H,1H3. The van der Waals surface area contributed by atoms with E-state index in [0.717, 1.165) is 19.7 Å². The van der Waals surface area contributed by atoms with Gasteiger partial charge in [-0.15, -0.1) is 0 Å². The second-order valence-corrected chi connectivity index (χ2v) is 5.40. The first-order valence-electron chi connectivity index (χ1n) is 4.56. The number of pyridine rings is 1. The van der Waals surface area contributed by atoms with Gasteiger partial charge in [0.05, 0.1) is 7.11 Å². The molecule has 3 nitrogen and oxygen atoms in total. The van der Waals surface area contributed by atoms with Crippen LogP contribution >= 0.6 is 43.5 Å². The van der Waals surface area contributed by atoms with E-state index in [1.165, 1.54) is 7.11 Å². The van der Waals surface area contributed by atoms with E-state index in [-0.39, 0.29) is 10.8 Å². The molecular weight excluding hydrogens is 373 g/mol. The maximum atomic E-state index is 11.4. The lowest BCUT2D eigenvalue weighted by Crippen LogP contribution is -2.04. The van der Waals surface area contributed by atoms with Crippen LogP contribution in [0.1, 0.15) is 10.5 Å². The fourth-order valence-corrected chi connectivity index (χ4v) is 3.03. The highest BCUT2D eigenvalue weighted by molar-refractivity contribution is 9.11. The lowest BCUT2D eigenvalue weighted by molar-refractivity contribution is 0.0594. The minimum atomic E-state index is -0.511. The van der Waals surface area contributed by atoms with Gasteiger partial charge in [0.25, 0.3) is 0 Å². The highest BCUT2D eigenvalue weighted by atomic mass is 79.9. The summed E-state index contributed by atoms with van der Waals surface area (Å²) in [6, 6.07) is 5.36. The molecule has 0 aliphatic heterocycles. The SMILES string of the molecule is COC(=O)c1cc2c(Br)cc(Br)cc2c(Cl)n1. The van der Waals surface area contributed by atoms with Gasteiger partial charge < -0.3 is 4.74 Å². The van der Waals surface area contributed by atoms with Crippen molar-refractivity contribution in [3.63, 3.8) is 0 Å². The predicted molar refractivity (Wildman–Crippen MR) is 73.5 cm³/mol. The number of aromatic nitrogens is 1. The van der Waals surface area contributed by atoms with Gasteiger partial charge in [-0.3, -0.25) is 0 Å². The van der Waals surface area contributed by atoms with Crippen LogP contribution < -0.4 is 0 Å². The van der Waals surface area contributed by atoms with Crippen LogP contribution in [-0.2, 0) is 4.74 Å². The zero-order valence-corrected chi connectivity index (χ0v) is 12.6. The first-order valence-corrected chi connectivity index (χ1v) is 6.53. The average Bonchev–Trinajstić information content (AvgIpc) is 2.29. The van der Waals surface area contributed by atoms with Gasteiger partial charge in [0, 0.05) is 19.7 Å². The normalized spacial score (nSPS) is 10.6. The quantitative estimate of drug-likeness (QED) is 0.551. The third-order valence-electron chi connectivity index (χ3n) is 2.21. The summed E-state index contributed by atoms with van der Waals surface area (Å²) in [7, 11) is 1.30. The van der Waals surface area contributed by atoms with Crippen LogP contribution in [0.15, 0.2) is 27.1 Å². The summed E-state index contributed by atoms with van der Waals surface area (Å²) in [4.78, 5) is 15.4. The van der Waals surface area contributed by atoms with Crippen molar-refractivity contribution in [2.45, 2.75) is 0 Å². The van der Waals surface area contributed by atoms with Crippen LogP contribution in [0.25, 0.3) is 10.8 Å². The third-order valence-corrected chi connectivity index (χ3v) is 3.61. The number of halogens is 3. The molecule has 17 heavy (non-hydrogen) atoms. The maximum Gasteiger partial charge on any atom is 0.356 e. The van der Waals surface area contributed by atoms with Crippen LogP contribution in [0, 0.1) is 0 Å². The van der Waals surface area contributed by atoms with E-state index >= 15 is 0 Å². The largest absolute Gasteiger partial charge is 0.464 e. The van der Waals surface area contributed by atoms with E-state index in [1.807, 2.05) is 12.1 Å². The Morgan fingerprint density at radius 3 is 2.65 bits per heavy atom. The molecule has 1 aromatic carbocycles. The summed E-state index contributed by atoms with van der Waals surface area (Å²) in [5.41, 5.74) is 0.188. The Balaban J connectivity index is 2.77. The van der Waals surface area contributed by atoms with Gasteiger partial charge >= 0.3 is 5.97 Å². The Morgan fingerprint density at radius 1 is 1.29 bits per heavy atom. The molecule has 0 amide bonds. The monoisotopic (exact) mass is 377 g/mol. The molecule has 0 saturated carbocycles. The van der Waals surface area contributed by atoms with Gasteiger partial charge in [0.1, 0.15) is 5.15 Å². The van der Waals surface area contributed by atoms with Crippen LogP contribution in [0.3, 0.4) is 0 Å². The lowest BCUT2D eigenvalue weighted by Gasteiger charge is -2.06. The van der Waals surface area contributed by atoms with Gasteiger partial charge in [-0.25, -0.2) is 9.78 Å². The molecule has 2 rings (SSSR count). The topological polar surface area (TPSA) is 39.2 Å². The molecule has 0 radical (unpaired) electrons. The van der Waals surface area contributed by atoms with E-state index in [1.54, 1.807) is 6.07 Å². The minimum Gasteiger partial charge on any atom is -0.464 e. The fourth-order valence-electron chi connectivity index (χ4n) is 1.45. The molecule has 0 bridgehead atoms. The van der Waals surface area contributed by atoms with Crippen LogP contribution in [-0.4, -0.2) is 18.1 Å². The molecule has 0 saturated heterocycles. The van der Waals surface area contributed by atoms with Gasteiger partial charge in [-0.1, -0.05) is 43.5 Å². The van der Waals surface area contributed by atoms with Crippen molar-refractivity contribution in [3.8, 4) is 0 Å². The molecule has 0 atom stereocenters. The van der Waals surface area contributed by atoms with Crippen molar-refractivity contribution < 1.29 is 9.53 Å². The third kappa shape index (κ3) is 2.46. The number of nitrogens with zero attached hydrogens (tertiary/aromatic N) is 1. The van der Waals surface area contributed by atoms with E-state index in [9.17, 15) is 4.79 Å². The second kappa shape index (κ2) is 4.92. The average molecular weight is 379 g/mol. The molecule has 88 valence electrons. The Labute approximate surface area is 119 Å². The number of methoxy groups -OCH3 is 1. The Kier molecular flexibility index (Phi) is 3.70. The number of benzene rings is 1. The number of fused-ring (bicyclic) bond motifs is 1. The Hall–Kier alpha value is -0.650. The highest BCUT2D eigenvalue weighted by Gasteiger charge is 2.13. The molecule has 0 fully saturated rings. The van der Waals surface area contributed by atoms with Crippen molar-refractivity contribution in [2.75, 3.05) is 7.11 Å². The molecule has 0 aliphatic rings. The second-order valence-electron chi connectivity index (χ2n) is 3.27. The number of rotatable bonds is 1. The molecule has 0 unspecified atom stereocenters. The Morgan fingerprint density at radius 2 is 2.00 bits per heavy atom. The van der Waals surface area contributed by atoms with Crippen LogP contribution in [0.5, 0.6) is 0 Å². The molecule has 0 N–H and O–H groups in total. The summed E-state index contributed by atoms with van der Waals surface area (Å²) in [5, 5.41) is 1.85. The highest BCUT2D eigenvalue weighted by Crippen LogP contribution is 2.32. The van der Waals surface area contributed by atoms with Crippen molar-refractivity contribution in [2.24, 2.45) is 0 Å². The zero-order chi connectivity index (χ0) is 12.6. The number of carbonyl (C=O) groups is 1. The summed E-state index contributed by atoms with van der Waals surface area (Å²) < 4.78 is 6.33. The van der Waals surface area contributed by atoms with Gasteiger partial charge in [0.15, 0.2) is 5.69 Å². The van der Waals surface area contributed by atoms with E-state index in [0.29, 0.717) is 0 Å². The van der Waals surface area contributed by atoms with E-state index in [2.05, 4.69) is 41.6 Å². The summed E-state index contributed by atoms with van der Waals surface area (Å²) in [6.45, 7) is 0. The number of ether oxygens (including phenoxy) is 1. The van der Waals surface area contributed by atoms with Crippen molar-refractivity contribution in [1.29, 1.82) is 0 Å². The van der Waals surface area contributed by atoms with Crippen molar-refractivity contribution >= 4 is 60.2 Å². The molecular formula is C11H6Br2ClNO2. The molecule has 1 aromatic heterocycles. The van der Waals surface area contributed by atoms with Crippen LogP contribution in [0.4, 0.5) is 0 Å². The molecule has 0 spiro atoms. The lowest BCUT2D eigenvalue weighted by atomic mass is 10.1. The summed E-state index contributed by atoms with van der Waals surface area (Å²) in [5.74, 6) is -0.511. The van der Waals surface area contributed by atoms with E-state index in [4.69, 9.17) is 11.6 Å². The summed E-state index contributed by atoms with van der Waals surface area (Å²) in [6.07, 6.45) is 0. The van der Waals surface area contributed by atoms with Gasteiger partial charge in [-0.2, -0.15) is 0 Å². The number of esters is 1. The summed E-state index contributed by atoms with van der Waals surface area (Å²) >= 11 is 12.8. The maximum absolute atomic E-state index is 11.4. The number of hydrogen-bond acceptors (Lipinski definition) is 3. The number of hydrogen-bond donors (Lipinski definition) is 0. The first kappa shape index (κ1) is 12.8. The van der Waals surface area contributed by atoms with Crippen molar-refractivity contribution in [1.82, 2.24) is 4.98 Å². The molecule has 2 aromatic rings. The first-order chi connectivity index (χ1) is 8.02. The molecule has 6 heteroatoms. The number of carbonyl (C=O) groups excluding carboxylic acids is 1. The van der Waals surface area contributed by atoms with Gasteiger partial charge in [-0.05, 0) is 18.2 Å². The Bertz CT molecular complexity index is 616. The molecule has 0 aliphatic carbocycles. The van der Waals surface area contributed by atoms with E-state index < -0.39 is 5.97 Å². The van der Waals surface area contributed by atoms with Crippen LogP contribution in [0.2, 0.25) is 5.15 Å². The van der Waals surface area contributed by atoms with Gasteiger partial charge in [0.2, 0.25) is 0 Å². The zero-order valence-electron chi connectivity index (χ0n) is 8.63. The molecule has 1 heterocycles. The fraction of sp³-hybridized carbons (Fsp3) is 0.0909. The van der Waals surface area contributed by atoms with Crippen molar-refractivity contribution in [3.05, 3.63) is 38.0 Å².